The zero-order valence-electron chi connectivity index (χ0n) is 9.38. The van der Waals surface area contributed by atoms with Crippen LogP contribution in [0.5, 0.6) is 0 Å². The summed E-state index contributed by atoms with van der Waals surface area (Å²) in [6.45, 7) is -0.696. The molecule has 0 bridgehead atoms. The quantitative estimate of drug-likeness (QED) is 0.606. The summed E-state index contributed by atoms with van der Waals surface area (Å²) in [6.07, 6.45) is 0. The number of hydrogen-bond acceptors (Lipinski definition) is 6. The monoisotopic (exact) mass is 276 g/mol. The summed E-state index contributed by atoms with van der Waals surface area (Å²) in [6, 6.07) is 0. The van der Waals surface area contributed by atoms with Crippen molar-refractivity contribution in [2.45, 2.75) is 0 Å². The molecule has 1 saturated heterocycles. The van der Waals surface area contributed by atoms with Gasteiger partial charge in [0.15, 0.2) is 0 Å². The summed E-state index contributed by atoms with van der Waals surface area (Å²) in [5.74, 6) is -1.80. The summed E-state index contributed by atoms with van der Waals surface area (Å²) in [4.78, 5) is 44.7. The molecule has 0 aliphatic carbocycles. The van der Waals surface area contributed by atoms with Gasteiger partial charge in [-0.15, -0.1) is 0 Å². The number of carbonyl (C=O) groups is 4. The molecule has 9 heteroatoms. The van der Waals surface area contributed by atoms with Crippen molar-refractivity contribution in [1.82, 2.24) is 10.2 Å². The molecule has 0 aromatic rings. The Morgan fingerprint density at radius 3 is 2.67 bits per heavy atom. The van der Waals surface area contributed by atoms with Crippen LogP contribution in [-0.4, -0.2) is 65.1 Å². The van der Waals surface area contributed by atoms with Crippen LogP contribution < -0.4 is 5.32 Å². The van der Waals surface area contributed by atoms with Gasteiger partial charge in [-0.05, 0) is 0 Å². The van der Waals surface area contributed by atoms with Gasteiger partial charge < -0.3 is 15.2 Å². The second-order valence-corrected chi connectivity index (χ2v) is 4.26. The Morgan fingerprint density at radius 1 is 1.39 bits per heavy atom. The van der Waals surface area contributed by atoms with Crippen molar-refractivity contribution in [2.24, 2.45) is 0 Å². The van der Waals surface area contributed by atoms with Gasteiger partial charge in [-0.2, -0.15) is 0 Å². The Kier molecular flexibility index (Phi) is 5.59. The van der Waals surface area contributed by atoms with E-state index in [9.17, 15) is 19.2 Å². The van der Waals surface area contributed by atoms with Crippen molar-refractivity contribution >= 4 is 34.8 Å². The van der Waals surface area contributed by atoms with Crippen LogP contribution >= 0.6 is 11.8 Å². The van der Waals surface area contributed by atoms with Crippen molar-refractivity contribution in [2.75, 3.05) is 32.1 Å². The molecule has 3 amide bonds. The lowest BCUT2D eigenvalue weighted by Crippen LogP contribution is -2.38. The lowest BCUT2D eigenvalue weighted by atomic mass is 10.5. The first-order valence-corrected chi connectivity index (χ1v) is 6.02. The maximum Gasteiger partial charge on any atom is 0.329 e. The molecule has 100 valence electrons. The summed E-state index contributed by atoms with van der Waals surface area (Å²) in [7, 11) is 0. The van der Waals surface area contributed by atoms with Crippen LogP contribution in [0.4, 0.5) is 4.79 Å². The lowest BCUT2D eigenvalue weighted by Gasteiger charge is -2.12. The van der Waals surface area contributed by atoms with Crippen molar-refractivity contribution in [3.8, 4) is 0 Å². The summed E-state index contributed by atoms with van der Waals surface area (Å²) >= 11 is 0.924. The highest BCUT2D eigenvalue weighted by atomic mass is 32.2. The fourth-order valence-electron chi connectivity index (χ4n) is 1.19. The molecule has 0 spiro atoms. The average molecular weight is 276 g/mol. The van der Waals surface area contributed by atoms with E-state index in [1.54, 1.807) is 0 Å². The van der Waals surface area contributed by atoms with Crippen molar-refractivity contribution in [1.29, 1.82) is 0 Å². The van der Waals surface area contributed by atoms with Gasteiger partial charge in [0.1, 0.15) is 13.2 Å². The van der Waals surface area contributed by atoms with E-state index in [1.807, 2.05) is 0 Å². The first-order chi connectivity index (χ1) is 8.50. The van der Waals surface area contributed by atoms with E-state index < -0.39 is 18.5 Å². The molecule has 0 radical (unpaired) electrons. The normalized spacial score (nSPS) is 15.0. The van der Waals surface area contributed by atoms with Gasteiger partial charge in [-0.25, -0.2) is 4.79 Å². The van der Waals surface area contributed by atoms with Crippen LogP contribution in [0.2, 0.25) is 0 Å². The minimum absolute atomic E-state index is 0.106. The zero-order chi connectivity index (χ0) is 13.5. The molecule has 1 aliphatic heterocycles. The average Bonchev–Trinajstić information content (AvgIpc) is 2.60. The molecular formula is C9H12N2O6S. The van der Waals surface area contributed by atoms with Gasteiger partial charge in [-0.1, -0.05) is 11.8 Å². The topological polar surface area (TPSA) is 113 Å². The number of hydrogen-bond donors (Lipinski definition) is 2. The van der Waals surface area contributed by atoms with Crippen LogP contribution in [0.15, 0.2) is 0 Å². The van der Waals surface area contributed by atoms with Gasteiger partial charge in [-0.3, -0.25) is 19.3 Å². The van der Waals surface area contributed by atoms with Crippen LogP contribution in [0.1, 0.15) is 0 Å². The van der Waals surface area contributed by atoms with E-state index in [-0.39, 0.29) is 36.6 Å². The van der Waals surface area contributed by atoms with Crippen LogP contribution in [0, 0.1) is 0 Å². The molecule has 1 heterocycles. The minimum Gasteiger partial charge on any atom is -0.480 e. The molecule has 0 unspecified atom stereocenters. The van der Waals surface area contributed by atoms with E-state index in [0.29, 0.717) is 0 Å². The number of nitrogens with zero attached hydrogens (tertiary/aromatic N) is 1. The first-order valence-electron chi connectivity index (χ1n) is 5.04. The SMILES string of the molecule is O=C(O)COCC(=O)NCCN1C(=O)CSC1=O. The smallest absolute Gasteiger partial charge is 0.329 e. The standard InChI is InChI=1S/C9H12N2O6S/c12-6(3-17-4-8(14)15)10-1-2-11-7(13)5-18-9(11)16/h1-5H2,(H,10,12)(H,14,15). The Balaban J connectivity index is 2.13. The maximum absolute atomic E-state index is 11.2. The van der Waals surface area contributed by atoms with Gasteiger partial charge in [0.05, 0.1) is 5.75 Å². The molecule has 1 rings (SSSR count). The third-order valence-electron chi connectivity index (χ3n) is 1.96. The highest BCUT2D eigenvalue weighted by Crippen LogP contribution is 2.17. The number of ether oxygens (including phenoxy) is 1. The Labute approximate surface area is 107 Å². The highest BCUT2D eigenvalue weighted by Gasteiger charge is 2.29. The Morgan fingerprint density at radius 2 is 2.11 bits per heavy atom. The summed E-state index contributed by atoms with van der Waals surface area (Å²) < 4.78 is 4.56. The van der Waals surface area contributed by atoms with Crippen LogP contribution in [-0.2, 0) is 19.1 Å². The zero-order valence-corrected chi connectivity index (χ0v) is 10.2. The Hall–Kier alpha value is -1.61. The van der Waals surface area contributed by atoms with E-state index >= 15 is 0 Å². The third kappa shape index (κ3) is 4.72. The van der Waals surface area contributed by atoms with Gasteiger partial charge in [0.25, 0.3) is 5.24 Å². The molecule has 0 aromatic carbocycles. The minimum atomic E-state index is -1.16. The van der Waals surface area contributed by atoms with Crippen molar-refractivity contribution in [3.05, 3.63) is 0 Å². The lowest BCUT2D eigenvalue weighted by molar-refractivity contribution is -0.143. The maximum atomic E-state index is 11.2. The van der Waals surface area contributed by atoms with E-state index in [4.69, 9.17) is 5.11 Å². The molecular weight excluding hydrogens is 264 g/mol. The number of thioether (sulfide) groups is 1. The van der Waals surface area contributed by atoms with Crippen LogP contribution in [0.25, 0.3) is 0 Å². The van der Waals surface area contributed by atoms with Gasteiger partial charge in [0.2, 0.25) is 11.8 Å². The predicted octanol–water partition coefficient (Wildman–Crippen LogP) is -1.10. The predicted molar refractivity (Wildman–Crippen MR) is 61.0 cm³/mol. The summed E-state index contributed by atoms with van der Waals surface area (Å²) in [5.41, 5.74) is 0. The third-order valence-corrected chi connectivity index (χ3v) is 2.82. The molecule has 1 aliphatic rings. The van der Waals surface area contributed by atoms with E-state index in [2.05, 4.69) is 10.1 Å². The molecule has 0 saturated carbocycles. The van der Waals surface area contributed by atoms with Gasteiger partial charge >= 0.3 is 5.97 Å². The number of amides is 3. The second-order valence-electron chi connectivity index (χ2n) is 3.34. The molecule has 0 atom stereocenters. The molecule has 18 heavy (non-hydrogen) atoms. The van der Waals surface area contributed by atoms with Crippen molar-refractivity contribution < 1.29 is 29.0 Å². The molecule has 2 N–H and O–H groups in total. The van der Waals surface area contributed by atoms with Crippen LogP contribution in [0.3, 0.4) is 0 Å². The largest absolute Gasteiger partial charge is 0.480 e. The fourth-order valence-corrected chi connectivity index (χ4v) is 1.94. The molecule has 0 aromatic heterocycles. The fraction of sp³-hybridized carbons (Fsp3) is 0.556. The Bertz CT molecular complexity index is 356. The van der Waals surface area contributed by atoms with Crippen molar-refractivity contribution in [3.63, 3.8) is 0 Å². The molecule has 1 fully saturated rings. The number of carbonyl (C=O) groups excluding carboxylic acids is 3. The number of imide groups is 1. The molecule has 8 nitrogen and oxygen atoms in total. The first kappa shape index (κ1) is 14.5. The highest BCUT2D eigenvalue weighted by molar-refractivity contribution is 8.14. The number of carboxylic acids is 1. The van der Waals surface area contributed by atoms with E-state index in [0.717, 1.165) is 16.7 Å². The van der Waals surface area contributed by atoms with Gasteiger partial charge in [0, 0.05) is 13.1 Å². The number of rotatable bonds is 7. The summed E-state index contributed by atoms with van der Waals surface area (Å²) in [5, 5.41) is 10.4. The second kappa shape index (κ2) is 6.97. The number of aliphatic carboxylic acids is 1. The van der Waals surface area contributed by atoms with E-state index in [1.165, 1.54) is 0 Å². The number of nitrogens with one attached hydrogen (secondary N) is 1. The number of carboxylic acid groups (broad SMARTS) is 1.